The quantitative estimate of drug-likeness (QED) is 0.117. The average Bonchev–Trinajstić information content (AvgIpc) is 3.77. The topological polar surface area (TPSA) is 211 Å². The Morgan fingerprint density at radius 1 is 0.844 bits per heavy atom. The van der Waals surface area contributed by atoms with Gasteiger partial charge in [0.05, 0.1) is 6.04 Å². The van der Waals surface area contributed by atoms with Gasteiger partial charge in [-0.3, -0.25) is 19.2 Å². The first-order valence-corrected chi connectivity index (χ1v) is 14.8. The normalized spacial score (nSPS) is 16.7. The maximum atomic E-state index is 13.8. The highest BCUT2D eigenvalue weighted by Gasteiger charge is 2.39. The molecule has 4 atom stereocenters. The van der Waals surface area contributed by atoms with Crippen molar-refractivity contribution in [2.24, 2.45) is 5.73 Å². The number of nitrogens with one attached hydrogen (secondary N) is 4. The van der Waals surface area contributed by atoms with E-state index in [1.54, 1.807) is 12.4 Å². The zero-order valence-corrected chi connectivity index (χ0v) is 24.5. The Hall–Kier alpha value is -5.17. The van der Waals surface area contributed by atoms with Crippen LogP contribution in [0.2, 0.25) is 0 Å². The summed E-state index contributed by atoms with van der Waals surface area (Å²) in [4.78, 5) is 71.5. The highest BCUT2D eigenvalue weighted by Crippen LogP contribution is 2.23. The molecule has 5 rings (SSSR count). The number of amides is 3. The fraction of sp³-hybridized carbons (Fsp3) is 0.344. The van der Waals surface area contributed by atoms with Crippen molar-refractivity contribution >= 4 is 51.5 Å². The molecule has 2 aromatic heterocycles. The smallest absolute Gasteiger partial charge is 0.326 e. The van der Waals surface area contributed by atoms with Gasteiger partial charge in [0.2, 0.25) is 17.7 Å². The van der Waals surface area contributed by atoms with Gasteiger partial charge >= 0.3 is 11.9 Å². The molecule has 2 aromatic carbocycles. The summed E-state index contributed by atoms with van der Waals surface area (Å²) in [7, 11) is 0. The van der Waals surface area contributed by atoms with Gasteiger partial charge in [0.25, 0.3) is 0 Å². The summed E-state index contributed by atoms with van der Waals surface area (Å²) < 4.78 is 0. The first kappa shape index (κ1) is 31.3. The fourth-order valence-corrected chi connectivity index (χ4v) is 5.93. The van der Waals surface area contributed by atoms with Crippen LogP contribution in [0.4, 0.5) is 0 Å². The van der Waals surface area contributed by atoms with Crippen molar-refractivity contribution in [1.29, 1.82) is 0 Å². The first-order chi connectivity index (χ1) is 21.6. The lowest BCUT2D eigenvalue weighted by Gasteiger charge is -2.29. The summed E-state index contributed by atoms with van der Waals surface area (Å²) in [6.45, 7) is 0.220. The molecular formula is C32H36N6O7. The molecule has 3 heterocycles. The number of carbonyl (C=O) groups is 5. The highest BCUT2D eigenvalue weighted by atomic mass is 16.4. The number of carbonyl (C=O) groups excluding carboxylic acids is 3. The fourth-order valence-electron chi connectivity index (χ4n) is 5.93. The van der Waals surface area contributed by atoms with Crippen LogP contribution in [-0.4, -0.2) is 85.5 Å². The van der Waals surface area contributed by atoms with Crippen LogP contribution in [0.25, 0.3) is 21.8 Å². The van der Waals surface area contributed by atoms with Gasteiger partial charge in [0.1, 0.15) is 18.1 Å². The number of hydrogen-bond donors (Lipinski definition) is 7. The van der Waals surface area contributed by atoms with E-state index in [1.165, 1.54) is 4.90 Å². The molecule has 0 saturated carbocycles. The van der Waals surface area contributed by atoms with E-state index in [9.17, 15) is 34.2 Å². The third-order valence-corrected chi connectivity index (χ3v) is 8.27. The number of H-pyrrole nitrogens is 2. The third kappa shape index (κ3) is 7.15. The number of carboxylic acid groups (broad SMARTS) is 2. The molecule has 1 aliphatic heterocycles. The molecule has 45 heavy (non-hydrogen) atoms. The molecule has 13 heteroatoms. The summed E-state index contributed by atoms with van der Waals surface area (Å²) in [5, 5.41) is 26.1. The number of likely N-dealkylation sites (tertiary alicyclic amines) is 1. The van der Waals surface area contributed by atoms with Gasteiger partial charge in [0, 0.05) is 53.6 Å². The van der Waals surface area contributed by atoms with Gasteiger partial charge in [-0.25, -0.2) is 4.79 Å². The number of hydrogen-bond acceptors (Lipinski definition) is 6. The van der Waals surface area contributed by atoms with E-state index in [0.717, 1.165) is 32.9 Å². The number of fused-ring (bicyclic) bond motifs is 2. The molecule has 0 bridgehead atoms. The van der Waals surface area contributed by atoms with Crippen molar-refractivity contribution in [1.82, 2.24) is 25.5 Å². The Bertz CT molecular complexity index is 1730. The van der Waals surface area contributed by atoms with Crippen molar-refractivity contribution in [3.8, 4) is 0 Å². The second kappa shape index (κ2) is 13.6. The van der Waals surface area contributed by atoms with E-state index in [2.05, 4.69) is 20.6 Å². The van der Waals surface area contributed by atoms with Gasteiger partial charge in [-0.15, -0.1) is 0 Å². The number of para-hydroxylation sites is 2. The lowest BCUT2D eigenvalue weighted by Crippen LogP contribution is -2.57. The van der Waals surface area contributed by atoms with Crippen LogP contribution in [0.1, 0.15) is 36.8 Å². The molecule has 236 valence electrons. The van der Waals surface area contributed by atoms with Crippen LogP contribution >= 0.6 is 0 Å². The maximum absolute atomic E-state index is 13.8. The standard InChI is InChI=1S/C32H36N6O7/c33-22(14-18-16-34-23-8-3-1-6-20(18)23)29(41)36-25(11-12-28(39)40)30(42)37-26(31(43)38-13-5-10-27(38)32(44)45)15-19-17-35-24-9-4-2-7-21(19)24/h1-4,6-9,16-17,22,25-27,34-35H,5,10-15,33H2,(H,36,41)(H,37,42)(H,39,40)(H,44,45). The van der Waals surface area contributed by atoms with Crippen molar-refractivity contribution in [2.75, 3.05) is 6.54 Å². The zero-order valence-electron chi connectivity index (χ0n) is 24.5. The number of rotatable bonds is 13. The van der Waals surface area contributed by atoms with Crippen LogP contribution in [0, 0.1) is 0 Å². The summed E-state index contributed by atoms with van der Waals surface area (Å²) in [5.41, 5.74) is 9.47. The van der Waals surface area contributed by atoms with Crippen molar-refractivity contribution < 1.29 is 34.2 Å². The minimum Gasteiger partial charge on any atom is -0.481 e. The van der Waals surface area contributed by atoms with E-state index in [4.69, 9.17) is 5.73 Å². The number of aliphatic carboxylic acids is 2. The second-order valence-corrected chi connectivity index (χ2v) is 11.3. The minimum atomic E-state index is -1.31. The zero-order chi connectivity index (χ0) is 32.1. The van der Waals surface area contributed by atoms with E-state index < -0.39 is 60.2 Å². The predicted octanol–water partition coefficient (Wildman–Crippen LogP) is 1.67. The Kier molecular flexibility index (Phi) is 9.48. The van der Waals surface area contributed by atoms with Crippen molar-refractivity contribution in [2.45, 2.75) is 62.7 Å². The third-order valence-electron chi connectivity index (χ3n) is 8.27. The number of nitrogens with two attached hydrogens (primary N) is 1. The number of aromatic amines is 2. The number of nitrogens with zero attached hydrogens (tertiary/aromatic N) is 1. The SMILES string of the molecule is NC(Cc1c[nH]c2ccccc12)C(=O)NC(CCC(=O)O)C(=O)NC(Cc1c[nH]c2ccccc12)C(=O)N1CCCC1C(=O)O. The molecule has 4 unspecified atom stereocenters. The molecule has 8 N–H and O–H groups in total. The molecule has 3 amide bonds. The molecule has 1 saturated heterocycles. The van der Waals surface area contributed by atoms with Crippen LogP contribution in [0.3, 0.4) is 0 Å². The summed E-state index contributed by atoms with van der Waals surface area (Å²) in [6, 6.07) is 10.4. The van der Waals surface area contributed by atoms with Crippen LogP contribution in [0.5, 0.6) is 0 Å². The number of aromatic nitrogens is 2. The maximum Gasteiger partial charge on any atom is 0.326 e. The summed E-state index contributed by atoms with van der Waals surface area (Å²) >= 11 is 0. The molecule has 0 aliphatic carbocycles. The van der Waals surface area contributed by atoms with Crippen LogP contribution in [0.15, 0.2) is 60.9 Å². The lowest BCUT2D eigenvalue weighted by molar-refractivity contribution is -0.149. The van der Waals surface area contributed by atoms with Crippen molar-refractivity contribution in [3.05, 3.63) is 72.1 Å². The van der Waals surface area contributed by atoms with Crippen LogP contribution < -0.4 is 16.4 Å². The van der Waals surface area contributed by atoms with Crippen molar-refractivity contribution in [3.63, 3.8) is 0 Å². The molecule has 1 fully saturated rings. The Labute approximate surface area is 258 Å². The van der Waals surface area contributed by atoms with Gasteiger partial charge in [-0.2, -0.15) is 0 Å². The van der Waals surface area contributed by atoms with E-state index in [1.807, 2.05) is 48.5 Å². The van der Waals surface area contributed by atoms with Crippen LogP contribution in [-0.2, 0) is 36.8 Å². The average molecular weight is 617 g/mol. The highest BCUT2D eigenvalue weighted by molar-refractivity contribution is 5.95. The molecular weight excluding hydrogens is 580 g/mol. The van der Waals surface area contributed by atoms with Gasteiger partial charge in [-0.05, 0) is 48.9 Å². The molecule has 0 spiro atoms. The largest absolute Gasteiger partial charge is 0.481 e. The monoisotopic (exact) mass is 616 g/mol. The Morgan fingerprint density at radius 2 is 1.42 bits per heavy atom. The first-order valence-electron chi connectivity index (χ1n) is 14.8. The summed E-state index contributed by atoms with van der Waals surface area (Å²) in [6.07, 6.45) is 3.81. The molecule has 13 nitrogen and oxygen atoms in total. The van der Waals surface area contributed by atoms with Gasteiger partial charge in [-0.1, -0.05) is 36.4 Å². The second-order valence-electron chi connectivity index (χ2n) is 11.3. The molecule has 4 aromatic rings. The Balaban J connectivity index is 1.35. The number of benzene rings is 2. The van der Waals surface area contributed by atoms with Gasteiger partial charge in [0.15, 0.2) is 0 Å². The van der Waals surface area contributed by atoms with E-state index in [-0.39, 0.29) is 25.8 Å². The molecule has 0 radical (unpaired) electrons. The lowest BCUT2D eigenvalue weighted by atomic mass is 10.0. The summed E-state index contributed by atoms with van der Waals surface area (Å²) in [5.74, 6) is -4.30. The molecule has 1 aliphatic rings. The van der Waals surface area contributed by atoms with Gasteiger partial charge < -0.3 is 41.4 Å². The van der Waals surface area contributed by atoms with E-state index >= 15 is 0 Å². The predicted molar refractivity (Wildman–Crippen MR) is 165 cm³/mol. The van der Waals surface area contributed by atoms with E-state index in [0.29, 0.717) is 12.8 Å². The number of carboxylic acids is 2. The minimum absolute atomic E-state index is 0.0388. The Morgan fingerprint density at radius 3 is 2.02 bits per heavy atom.